The summed E-state index contributed by atoms with van der Waals surface area (Å²) in [6.45, 7) is 1.67. The van der Waals surface area contributed by atoms with E-state index in [0.29, 0.717) is 22.1 Å². The first-order valence-electron chi connectivity index (χ1n) is 8.67. The van der Waals surface area contributed by atoms with Gasteiger partial charge in [0.1, 0.15) is 5.82 Å². The Balaban J connectivity index is 1.48. The minimum absolute atomic E-state index is 0.0977. The number of carbonyl (C=O) groups excluding carboxylic acids is 1. The highest BCUT2D eigenvalue weighted by atomic mass is 79.9. The second-order valence-electron chi connectivity index (χ2n) is 6.28. The molecule has 0 aliphatic carbocycles. The molecule has 2 heterocycles. The molecule has 0 aliphatic rings. The molecular weight excluding hydrogens is 457 g/mol. The van der Waals surface area contributed by atoms with Crippen molar-refractivity contribution in [3.63, 3.8) is 0 Å². The molecule has 2 aromatic carbocycles. The fourth-order valence-corrected chi connectivity index (χ4v) is 3.58. The summed E-state index contributed by atoms with van der Waals surface area (Å²) < 4.78 is 16.2. The van der Waals surface area contributed by atoms with Gasteiger partial charge in [0.05, 0.1) is 11.4 Å². The van der Waals surface area contributed by atoms with Crippen LogP contribution in [-0.4, -0.2) is 31.5 Å². The number of hydrogen-bond acceptors (Lipinski definition) is 5. The predicted molar refractivity (Wildman–Crippen MR) is 114 cm³/mol. The monoisotopic (exact) mass is 471 g/mol. The molecule has 4 aromatic rings. The number of amides is 1. The van der Waals surface area contributed by atoms with Gasteiger partial charge in [0.2, 0.25) is 11.1 Å². The summed E-state index contributed by atoms with van der Waals surface area (Å²) >= 11 is 4.63. The number of aryl methyl sites for hydroxylation is 1. The van der Waals surface area contributed by atoms with Crippen molar-refractivity contribution >= 4 is 44.9 Å². The van der Waals surface area contributed by atoms with E-state index in [1.165, 1.54) is 17.8 Å². The average Bonchev–Trinajstić information content (AvgIpc) is 3.12. The predicted octanol–water partition coefficient (Wildman–Crippen LogP) is 4.73. The lowest BCUT2D eigenvalue weighted by molar-refractivity contribution is -0.113. The van der Waals surface area contributed by atoms with Crippen LogP contribution in [0, 0.1) is 12.7 Å². The Morgan fingerprint density at radius 3 is 2.69 bits per heavy atom. The molecule has 0 unspecified atom stereocenters. The molecule has 1 amide bonds. The third kappa shape index (κ3) is 4.46. The van der Waals surface area contributed by atoms with Crippen LogP contribution in [0.5, 0.6) is 0 Å². The smallest absolute Gasteiger partial charge is 0.234 e. The second kappa shape index (κ2) is 8.30. The molecule has 0 atom stereocenters. The maximum absolute atomic E-state index is 13.6. The van der Waals surface area contributed by atoms with E-state index in [0.717, 1.165) is 15.7 Å². The molecule has 0 aliphatic heterocycles. The Morgan fingerprint density at radius 1 is 1.14 bits per heavy atom. The lowest BCUT2D eigenvalue weighted by Crippen LogP contribution is -2.14. The standard InChI is InChI=1S/C20H15BrFN5OS/c1-12-2-7-15(10-16(12)22)23-19(28)11-29-20-25-24-18-9-8-17(26-27(18)20)13-3-5-14(21)6-4-13/h2-10H,11H2,1H3,(H,23,28). The number of thioether (sulfide) groups is 1. The summed E-state index contributed by atoms with van der Waals surface area (Å²) in [6, 6.07) is 16.1. The maximum atomic E-state index is 13.6. The quantitative estimate of drug-likeness (QED) is 0.425. The summed E-state index contributed by atoms with van der Waals surface area (Å²) in [5.74, 6) is -0.525. The van der Waals surface area contributed by atoms with Crippen molar-refractivity contribution in [3.05, 3.63) is 70.5 Å². The van der Waals surface area contributed by atoms with Crippen LogP contribution in [0.25, 0.3) is 16.9 Å². The van der Waals surface area contributed by atoms with Crippen LogP contribution in [0.2, 0.25) is 0 Å². The molecule has 0 spiro atoms. The van der Waals surface area contributed by atoms with E-state index >= 15 is 0 Å². The zero-order chi connectivity index (χ0) is 20.4. The van der Waals surface area contributed by atoms with Gasteiger partial charge >= 0.3 is 0 Å². The van der Waals surface area contributed by atoms with E-state index in [4.69, 9.17) is 0 Å². The van der Waals surface area contributed by atoms with Crippen molar-refractivity contribution in [2.45, 2.75) is 12.1 Å². The maximum Gasteiger partial charge on any atom is 0.234 e. The first kappa shape index (κ1) is 19.5. The molecule has 0 saturated heterocycles. The summed E-state index contributed by atoms with van der Waals surface area (Å²) in [5.41, 5.74) is 3.26. The highest BCUT2D eigenvalue weighted by Crippen LogP contribution is 2.22. The number of aromatic nitrogens is 4. The minimum Gasteiger partial charge on any atom is -0.325 e. The molecule has 1 N–H and O–H groups in total. The van der Waals surface area contributed by atoms with Crippen LogP contribution < -0.4 is 5.32 Å². The molecule has 0 bridgehead atoms. The number of nitrogens with zero attached hydrogens (tertiary/aromatic N) is 4. The Hall–Kier alpha value is -2.78. The third-order valence-corrected chi connectivity index (χ3v) is 5.61. The van der Waals surface area contributed by atoms with Crippen molar-refractivity contribution in [2.24, 2.45) is 0 Å². The van der Waals surface area contributed by atoms with Gasteiger partial charge in [-0.1, -0.05) is 45.9 Å². The largest absolute Gasteiger partial charge is 0.325 e. The topological polar surface area (TPSA) is 72.2 Å². The van der Waals surface area contributed by atoms with Crippen LogP contribution in [-0.2, 0) is 4.79 Å². The summed E-state index contributed by atoms with van der Waals surface area (Å²) in [6.07, 6.45) is 0. The number of carbonyl (C=O) groups is 1. The fourth-order valence-electron chi connectivity index (χ4n) is 2.63. The number of hydrogen-bond donors (Lipinski definition) is 1. The molecular formula is C20H15BrFN5OS. The van der Waals surface area contributed by atoms with Crippen molar-refractivity contribution in [1.82, 2.24) is 19.8 Å². The molecule has 0 radical (unpaired) electrons. The molecule has 29 heavy (non-hydrogen) atoms. The Bertz CT molecular complexity index is 1200. The number of benzene rings is 2. The number of rotatable bonds is 5. The number of anilines is 1. The molecule has 2 aromatic heterocycles. The molecule has 9 heteroatoms. The molecule has 0 fully saturated rings. The third-order valence-electron chi connectivity index (χ3n) is 4.16. The molecule has 0 saturated carbocycles. The Labute approximate surface area is 178 Å². The van der Waals surface area contributed by atoms with Gasteiger partial charge in [-0.2, -0.15) is 9.61 Å². The van der Waals surface area contributed by atoms with Crippen molar-refractivity contribution < 1.29 is 9.18 Å². The first-order valence-corrected chi connectivity index (χ1v) is 10.4. The van der Waals surface area contributed by atoms with Crippen LogP contribution in [0.4, 0.5) is 10.1 Å². The lowest BCUT2D eigenvalue weighted by Gasteiger charge is -2.06. The normalized spacial score (nSPS) is 11.0. The zero-order valence-corrected chi connectivity index (χ0v) is 17.7. The zero-order valence-electron chi connectivity index (χ0n) is 15.3. The van der Waals surface area contributed by atoms with Gasteiger partial charge in [-0.3, -0.25) is 4.79 Å². The Kier molecular flexibility index (Phi) is 5.59. The van der Waals surface area contributed by atoms with E-state index in [-0.39, 0.29) is 17.5 Å². The van der Waals surface area contributed by atoms with Gasteiger partial charge in [0, 0.05) is 15.7 Å². The fraction of sp³-hybridized carbons (Fsp3) is 0.100. The minimum atomic E-state index is -0.358. The average molecular weight is 472 g/mol. The van der Waals surface area contributed by atoms with Gasteiger partial charge in [-0.15, -0.1) is 10.2 Å². The summed E-state index contributed by atoms with van der Waals surface area (Å²) in [4.78, 5) is 12.2. The number of nitrogens with one attached hydrogen (secondary N) is 1. The first-order chi connectivity index (χ1) is 14.0. The van der Waals surface area contributed by atoms with Crippen molar-refractivity contribution in [2.75, 3.05) is 11.1 Å². The number of fused-ring (bicyclic) bond motifs is 1. The highest BCUT2D eigenvalue weighted by Gasteiger charge is 2.12. The van der Waals surface area contributed by atoms with E-state index in [1.807, 2.05) is 36.4 Å². The van der Waals surface area contributed by atoms with Crippen LogP contribution in [0.1, 0.15) is 5.56 Å². The van der Waals surface area contributed by atoms with Gasteiger partial charge in [-0.25, -0.2) is 4.39 Å². The van der Waals surface area contributed by atoms with Gasteiger partial charge < -0.3 is 5.32 Å². The van der Waals surface area contributed by atoms with Crippen molar-refractivity contribution in [3.8, 4) is 11.3 Å². The highest BCUT2D eigenvalue weighted by molar-refractivity contribution is 9.10. The van der Waals surface area contributed by atoms with E-state index in [2.05, 4.69) is 36.5 Å². The summed E-state index contributed by atoms with van der Waals surface area (Å²) in [5, 5.41) is 16.0. The lowest BCUT2D eigenvalue weighted by atomic mass is 10.1. The van der Waals surface area contributed by atoms with E-state index in [1.54, 1.807) is 23.6 Å². The van der Waals surface area contributed by atoms with Crippen LogP contribution in [0.15, 0.2) is 64.2 Å². The Morgan fingerprint density at radius 2 is 1.93 bits per heavy atom. The summed E-state index contributed by atoms with van der Waals surface area (Å²) in [7, 11) is 0. The number of halogens is 2. The molecule has 4 rings (SSSR count). The van der Waals surface area contributed by atoms with E-state index < -0.39 is 0 Å². The van der Waals surface area contributed by atoms with Gasteiger partial charge in [0.15, 0.2) is 5.65 Å². The molecule has 6 nitrogen and oxygen atoms in total. The van der Waals surface area contributed by atoms with Crippen LogP contribution >= 0.6 is 27.7 Å². The van der Waals surface area contributed by atoms with Gasteiger partial charge in [-0.05, 0) is 48.9 Å². The van der Waals surface area contributed by atoms with Crippen molar-refractivity contribution in [1.29, 1.82) is 0 Å². The van der Waals surface area contributed by atoms with Gasteiger partial charge in [0.25, 0.3) is 0 Å². The second-order valence-corrected chi connectivity index (χ2v) is 8.14. The SMILES string of the molecule is Cc1ccc(NC(=O)CSc2nnc3ccc(-c4ccc(Br)cc4)nn23)cc1F. The van der Waals surface area contributed by atoms with E-state index in [9.17, 15) is 9.18 Å². The van der Waals surface area contributed by atoms with Crippen LogP contribution in [0.3, 0.4) is 0 Å². The molecule has 146 valence electrons.